The van der Waals surface area contributed by atoms with Gasteiger partial charge in [-0.05, 0) is 18.4 Å². The molecule has 0 heterocycles. The molecule has 1 aliphatic carbocycles. The van der Waals surface area contributed by atoms with Crippen LogP contribution in [0.1, 0.15) is 24.4 Å². The molecular weight excluding hydrogens is 190 g/mol. The van der Waals surface area contributed by atoms with E-state index in [2.05, 4.69) is 5.32 Å². The van der Waals surface area contributed by atoms with Crippen LogP contribution in [0.2, 0.25) is 0 Å². The Bertz CT molecular complexity index is 357. The van der Waals surface area contributed by atoms with Gasteiger partial charge in [-0.3, -0.25) is 4.79 Å². The van der Waals surface area contributed by atoms with Crippen LogP contribution in [0.15, 0.2) is 30.3 Å². The summed E-state index contributed by atoms with van der Waals surface area (Å²) < 4.78 is 0. The fourth-order valence-electron chi connectivity index (χ4n) is 1.47. The Hall–Kier alpha value is -1.64. The van der Waals surface area contributed by atoms with Crippen molar-refractivity contribution in [3.63, 3.8) is 0 Å². The van der Waals surface area contributed by atoms with E-state index in [0.717, 1.165) is 24.7 Å². The highest BCUT2D eigenvalue weighted by Gasteiger charge is 2.31. The third-order valence-electron chi connectivity index (χ3n) is 2.54. The second-order valence-electron chi connectivity index (χ2n) is 3.81. The molecule has 1 amide bonds. The minimum Gasteiger partial charge on any atom is -0.342 e. The highest BCUT2D eigenvalue weighted by Crippen LogP contribution is 2.29. The third-order valence-corrected chi connectivity index (χ3v) is 2.54. The second-order valence-corrected chi connectivity index (χ2v) is 3.81. The fraction of sp³-hybridized carbons (Fsp3) is 0.333. The molecule has 0 radical (unpaired) electrons. The summed E-state index contributed by atoms with van der Waals surface area (Å²) >= 11 is 0. The molecule has 1 N–H and O–H groups in total. The first-order valence-corrected chi connectivity index (χ1v) is 5.12. The number of aldehydes is 1. The molecule has 1 aromatic carbocycles. The molecule has 15 heavy (non-hydrogen) atoms. The highest BCUT2D eigenvalue weighted by atomic mass is 16.2. The van der Waals surface area contributed by atoms with Gasteiger partial charge in [0.05, 0.1) is 0 Å². The molecule has 0 aromatic heterocycles. The van der Waals surface area contributed by atoms with Crippen molar-refractivity contribution in [1.29, 1.82) is 0 Å². The summed E-state index contributed by atoms with van der Waals surface area (Å²) in [5, 5.41) is 2.74. The predicted octanol–water partition coefficient (Wildman–Crippen LogP) is 1.45. The maximum absolute atomic E-state index is 11.5. The third kappa shape index (κ3) is 2.43. The SMILES string of the molecule is O=C[C@H](NC(=O)C1CC1)c1ccccc1. The van der Waals surface area contributed by atoms with E-state index in [1.165, 1.54) is 0 Å². The lowest BCUT2D eigenvalue weighted by molar-refractivity contribution is -0.125. The number of benzene rings is 1. The van der Waals surface area contributed by atoms with Gasteiger partial charge in [-0.1, -0.05) is 30.3 Å². The number of hydrogen-bond donors (Lipinski definition) is 1. The summed E-state index contributed by atoms with van der Waals surface area (Å²) in [6, 6.07) is 8.77. The molecule has 0 bridgehead atoms. The molecule has 1 aliphatic rings. The maximum atomic E-state index is 11.5. The van der Waals surface area contributed by atoms with Gasteiger partial charge < -0.3 is 10.1 Å². The molecule has 0 aliphatic heterocycles. The van der Waals surface area contributed by atoms with E-state index in [0.29, 0.717) is 0 Å². The summed E-state index contributed by atoms with van der Waals surface area (Å²) in [6.45, 7) is 0. The molecule has 1 aromatic rings. The number of carbonyl (C=O) groups is 2. The van der Waals surface area contributed by atoms with Crippen molar-refractivity contribution >= 4 is 12.2 Å². The molecule has 0 spiro atoms. The maximum Gasteiger partial charge on any atom is 0.223 e. The van der Waals surface area contributed by atoms with E-state index in [9.17, 15) is 9.59 Å². The van der Waals surface area contributed by atoms with Crippen LogP contribution < -0.4 is 5.32 Å². The molecule has 0 unspecified atom stereocenters. The molecule has 3 nitrogen and oxygen atoms in total. The minimum atomic E-state index is -0.501. The molecule has 1 fully saturated rings. The quantitative estimate of drug-likeness (QED) is 0.753. The average molecular weight is 203 g/mol. The standard InChI is InChI=1S/C12H13NO2/c14-8-11(9-4-2-1-3-5-9)13-12(15)10-6-7-10/h1-5,8,10-11H,6-7H2,(H,13,15)/t11-/m0/s1. The number of nitrogens with one attached hydrogen (secondary N) is 1. The van der Waals surface area contributed by atoms with Crippen LogP contribution in [0.4, 0.5) is 0 Å². The Balaban J connectivity index is 2.03. The fourth-order valence-corrected chi connectivity index (χ4v) is 1.47. The smallest absolute Gasteiger partial charge is 0.223 e. The van der Waals surface area contributed by atoms with Crippen molar-refractivity contribution in [2.45, 2.75) is 18.9 Å². The molecule has 3 heteroatoms. The van der Waals surface area contributed by atoms with E-state index in [1.54, 1.807) is 0 Å². The molecule has 0 saturated heterocycles. The molecule has 78 valence electrons. The van der Waals surface area contributed by atoms with E-state index < -0.39 is 6.04 Å². The summed E-state index contributed by atoms with van der Waals surface area (Å²) in [7, 11) is 0. The highest BCUT2D eigenvalue weighted by molar-refractivity contribution is 5.84. The van der Waals surface area contributed by atoms with Gasteiger partial charge >= 0.3 is 0 Å². The first kappa shape index (κ1) is 9.90. The van der Waals surface area contributed by atoms with Crippen LogP contribution in [0.3, 0.4) is 0 Å². The first-order chi connectivity index (χ1) is 7.31. The number of carbonyl (C=O) groups excluding carboxylic acids is 2. The van der Waals surface area contributed by atoms with Gasteiger partial charge in [-0.2, -0.15) is 0 Å². The Kier molecular flexibility index (Phi) is 2.81. The van der Waals surface area contributed by atoms with Gasteiger partial charge in [0.1, 0.15) is 12.3 Å². The van der Waals surface area contributed by atoms with Gasteiger partial charge in [-0.25, -0.2) is 0 Å². The summed E-state index contributed by atoms with van der Waals surface area (Å²) in [4.78, 5) is 22.3. The van der Waals surface area contributed by atoms with Crippen LogP contribution in [-0.2, 0) is 9.59 Å². The summed E-state index contributed by atoms with van der Waals surface area (Å²) in [6.07, 6.45) is 2.67. The van der Waals surface area contributed by atoms with Crippen LogP contribution in [-0.4, -0.2) is 12.2 Å². The van der Waals surface area contributed by atoms with Crippen LogP contribution in [0, 0.1) is 5.92 Å². The van der Waals surface area contributed by atoms with Crippen molar-refractivity contribution in [3.8, 4) is 0 Å². The van der Waals surface area contributed by atoms with Gasteiger partial charge in [0, 0.05) is 5.92 Å². The van der Waals surface area contributed by atoms with Crippen LogP contribution in [0.25, 0.3) is 0 Å². The van der Waals surface area contributed by atoms with Crippen molar-refractivity contribution in [2.75, 3.05) is 0 Å². The number of amides is 1. The topological polar surface area (TPSA) is 46.2 Å². The largest absolute Gasteiger partial charge is 0.342 e. The zero-order valence-electron chi connectivity index (χ0n) is 8.35. The molecular formula is C12H13NO2. The van der Waals surface area contributed by atoms with Crippen LogP contribution in [0.5, 0.6) is 0 Å². The van der Waals surface area contributed by atoms with E-state index in [1.807, 2.05) is 30.3 Å². The Morgan fingerprint density at radius 1 is 1.33 bits per heavy atom. The van der Waals surface area contributed by atoms with Crippen molar-refractivity contribution in [3.05, 3.63) is 35.9 Å². The predicted molar refractivity (Wildman–Crippen MR) is 56.1 cm³/mol. The van der Waals surface area contributed by atoms with Crippen molar-refractivity contribution in [1.82, 2.24) is 5.32 Å². The molecule has 1 saturated carbocycles. The molecule has 2 rings (SSSR count). The van der Waals surface area contributed by atoms with Gasteiger partial charge in [-0.15, -0.1) is 0 Å². The first-order valence-electron chi connectivity index (χ1n) is 5.12. The van der Waals surface area contributed by atoms with Crippen LogP contribution >= 0.6 is 0 Å². The van der Waals surface area contributed by atoms with E-state index in [-0.39, 0.29) is 11.8 Å². The molecule has 1 atom stereocenters. The average Bonchev–Trinajstić information content (AvgIpc) is 3.10. The normalized spacial score (nSPS) is 16.8. The Morgan fingerprint density at radius 2 is 2.00 bits per heavy atom. The monoisotopic (exact) mass is 203 g/mol. The van der Waals surface area contributed by atoms with E-state index >= 15 is 0 Å². The summed E-state index contributed by atoms with van der Waals surface area (Å²) in [5.74, 6) is 0.132. The van der Waals surface area contributed by atoms with Gasteiger partial charge in [0.25, 0.3) is 0 Å². The zero-order chi connectivity index (χ0) is 10.7. The van der Waals surface area contributed by atoms with Crippen molar-refractivity contribution < 1.29 is 9.59 Å². The zero-order valence-corrected chi connectivity index (χ0v) is 8.35. The lowest BCUT2D eigenvalue weighted by Crippen LogP contribution is -2.30. The van der Waals surface area contributed by atoms with E-state index in [4.69, 9.17) is 0 Å². The van der Waals surface area contributed by atoms with Gasteiger partial charge in [0.2, 0.25) is 5.91 Å². The van der Waals surface area contributed by atoms with Crippen molar-refractivity contribution in [2.24, 2.45) is 5.92 Å². The Morgan fingerprint density at radius 3 is 2.53 bits per heavy atom. The lowest BCUT2D eigenvalue weighted by Gasteiger charge is -2.12. The number of hydrogen-bond acceptors (Lipinski definition) is 2. The second kappa shape index (κ2) is 4.26. The minimum absolute atomic E-state index is 0.00375. The Labute approximate surface area is 88.5 Å². The van der Waals surface area contributed by atoms with Gasteiger partial charge in [0.15, 0.2) is 0 Å². The number of rotatable bonds is 4. The lowest BCUT2D eigenvalue weighted by atomic mass is 10.1. The summed E-state index contributed by atoms with van der Waals surface area (Å²) in [5.41, 5.74) is 0.835.